The number of nitrogens with one attached hydrogen (secondary N) is 1. The molecule has 0 amide bonds. The molecule has 2 aromatic heterocycles. The standard InChI is InChI=1S/C48H25N9/c1-2-10-26-18-34-33(17-25(26)9-1)41-49-42(34)52-46-39-23-31-15-7-8-16-32(31)24-40(39)48-54-44-36-20-28-12-4-3-11-27(28)19-35(36)43(50-44)53-47-38-22-30-14-6-5-13-29(30)21-37(38)45(51-41)56(47)55-57(46)48/h1-24,55H. The smallest absolute Gasteiger partial charge is 0.165 e. The number of amidine groups is 4. The lowest BCUT2D eigenvalue weighted by Gasteiger charge is -2.14. The summed E-state index contributed by atoms with van der Waals surface area (Å²) in [6.07, 6.45) is 0. The Morgan fingerprint density at radius 2 is 0.596 bits per heavy atom. The molecule has 9 heteroatoms. The number of benzene rings is 8. The summed E-state index contributed by atoms with van der Waals surface area (Å²) in [5.74, 6) is 3.70. The zero-order valence-corrected chi connectivity index (χ0v) is 29.9. The van der Waals surface area contributed by atoms with E-state index >= 15 is 0 Å². The van der Waals surface area contributed by atoms with Gasteiger partial charge in [-0.3, -0.25) is 0 Å². The van der Waals surface area contributed by atoms with Crippen LogP contribution in [0.5, 0.6) is 0 Å². The van der Waals surface area contributed by atoms with Crippen molar-refractivity contribution in [2.75, 3.05) is 5.53 Å². The first-order valence-electron chi connectivity index (χ1n) is 19.0. The summed E-state index contributed by atoms with van der Waals surface area (Å²) >= 11 is 0. The van der Waals surface area contributed by atoms with Crippen LogP contribution in [0.25, 0.3) is 64.6 Å². The van der Waals surface area contributed by atoms with E-state index in [2.05, 4.69) is 151 Å². The molecule has 14 rings (SSSR count). The van der Waals surface area contributed by atoms with Gasteiger partial charge in [0.25, 0.3) is 0 Å². The monoisotopic (exact) mass is 727 g/mol. The number of hydrogen-bond acceptors (Lipinski definition) is 7. The molecular formula is C48H25N9. The number of aromatic nitrogens is 2. The fourth-order valence-corrected chi connectivity index (χ4v) is 9.04. The number of aliphatic imine (C=N–C) groups is 4. The minimum Gasteiger partial charge on any atom is -0.224 e. The number of nitrogens with zero attached hydrogens (tertiary/aromatic N) is 8. The molecule has 0 atom stereocenters. The summed E-state index contributed by atoms with van der Waals surface area (Å²) in [6.45, 7) is 0. The Hall–Kier alpha value is -8.04. The number of rotatable bonds is 0. The average molecular weight is 728 g/mol. The molecular weight excluding hydrogens is 703 g/mol. The van der Waals surface area contributed by atoms with Crippen LogP contribution in [0.2, 0.25) is 0 Å². The van der Waals surface area contributed by atoms with Crippen molar-refractivity contribution in [3.05, 3.63) is 179 Å². The molecule has 262 valence electrons. The normalized spacial score (nSPS) is 14.8. The van der Waals surface area contributed by atoms with E-state index in [0.29, 0.717) is 46.0 Å². The van der Waals surface area contributed by atoms with Crippen molar-refractivity contribution >= 4 is 99.6 Å². The van der Waals surface area contributed by atoms with Crippen molar-refractivity contribution in [1.29, 1.82) is 0 Å². The Balaban J connectivity index is 1.22. The van der Waals surface area contributed by atoms with Gasteiger partial charge in [0.15, 0.2) is 46.0 Å². The summed E-state index contributed by atoms with van der Waals surface area (Å²) in [4.78, 5) is 32.3. The van der Waals surface area contributed by atoms with Crippen LogP contribution in [0.4, 0.5) is 11.6 Å². The molecule has 10 aromatic rings. The molecule has 57 heavy (non-hydrogen) atoms. The Kier molecular flexibility index (Phi) is 5.34. The van der Waals surface area contributed by atoms with Gasteiger partial charge in [-0.05, 0) is 91.6 Å². The van der Waals surface area contributed by atoms with E-state index in [-0.39, 0.29) is 0 Å². The fraction of sp³-hybridized carbons (Fsp3) is 0. The van der Waals surface area contributed by atoms with Gasteiger partial charge >= 0.3 is 0 Å². The molecule has 0 fully saturated rings. The van der Waals surface area contributed by atoms with Crippen LogP contribution in [0.3, 0.4) is 0 Å². The van der Waals surface area contributed by atoms with Crippen LogP contribution in [-0.4, -0.2) is 32.7 Å². The van der Waals surface area contributed by atoms with Crippen LogP contribution >= 0.6 is 0 Å². The molecule has 8 aromatic carbocycles. The van der Waals surface area contributed by atoms with Crippen molar-refractivity contribution < 1.29 is 0 Å². The quantitative estimate of drug-likeness (QED) is 0.166. The first kappa shape index (κ1) is 29.3. The second-order valence-electron chi connectivity index (χ2n) is 15.0. The Labute approximate surface area is 322 Å². The van der Waals surface area contributed by atoms with E-state index in [4.69, 9.17) is 30.0 Å². The van der Waals surface area contributed by atoms with E-state index in [1.54, 1.807) is 0 Å². The van der Waals surface area contributed by atoms with Gasteiger partial charge in [0, 0.05) is 43.8 Å². The third-order valence-corrected chi connectivity index (χ3v) is 11.8. The van der Waals surface area contributed by atoms with Crippen molar-refractivity contribution in [1.82, 2.24) is 9.35 Å². The average Bonchev–Trinajstić information content (AvgIpc) is 3.93. The molecule has 0 radical (unpaired) electrons. The lowest BCUT2D eigenvalue weighted by Crippen LogP contribution is -2.39. The second-order valence-corrected chi connectivity index (χ2v) is 15.0. The molecule has 0 spiro atoms. The highest BCUT2D eigenvalue weighted by atomic mass is 15.7. The number of hydrogen-bond donors (Lipinski definition) is 1. The second kappa shape index (κ2) is 10.4. The maximum Gasteiger partial charge on any atom is 0.165 e. The largest absolute Gasteiger partial charge is 0.224 e. The summed E-state index contributed by atoms with van der Waals surface area (Å²) in [7, 11) is 0. The predicted octanol–water partition coefficient (Wildman–Crippen LogP) is 9.16. The minimum absolute atomic E-state index is 0.592. The highest BCUT2D eigenvalue weighted by Gasteiger charge is 2.30. The molecule has 4 aliphatic rings. The number of fused-ring (bicyclic) bond motifs is 18. The SMILES string of the molecule is c1ccc2cc3c(cc2c1)C1=NC3=Nc2c3cc4ccccc4cc3c3n2Nn2c(c4cc5ccccc5cc4c2=NC2=NC(=N3)c3cc4ccccc4cc32)=N1. The lowest BCUT2D eigenvalue weighted by atomic mass is 10.0. The van der Waals surface area contributed by atoms with Crippen LogP contribution in [0.1, 0.15) is 22.3 Å². The van der Waals surface area contributed by atoms with Gasteiger partial charge in [-0.1, -0.05) is 97.1 Å². The molecule has 1 N–H and O–H groups in total. The summed E-state index contributed by atoms with van der Waals surface area (Å²) in [5.41, 5.74) is 8.82. The van der Waals surface area contributed by atoms with Gasteiger partial charge in [-0.15, -0.1) is 0 Å². The van der Waals surface area contributed by atoms with Crippen LogP contribution in [0, 0.1) is 0 Å². The van der Waals surface area contributed by atoms with Gasteiger partial charge in [-0.25, -0.2) is 44.8 Å². The van der Waals surface area contributed by atoms with Crippen LogP contribution in [-0.2, 0) is 0 Å². The Bertz CT molecular complexity index is 3590. The van der Waals surface area contributed by atoms with E-state index in [0.717, 1.165) is 86.9 Å². The molecule has 0 aliphatic carbocycles. The van der Waals surface area contributed by atoms with Gasteiger partial charge in [0.1, 0.15) is 0 Å². The van der Waals surface area contributed by atoms with E-state index in [1.165, 1.54) is 0 Å². The van der Waals surface area contributed by atoms with Crippen molar-refractivity contribution in [2.24, 2.45) is 30.0 Å². The van der Waals surface area contributed by atoms with Gasteiger partial charge in [0.2, 0.25) is 0 Å². The third-order valence-electron chi connectivity index (χ3n) is 11.8. The zero-order chi connectivity index (χ0) is 36.9. The van der Waals surface area contributed by atoms with Gasteiger partial charge in [0.05, 0.1) is 0 Å². The Morgan fingerprint density at radius 3 is 0.947 bits per heavy atom. The lowest BCUT2D eigenvalue weighted by molar-refractivity contribution is 0.711. The molecule has 9 nitrogen and oxygen atoms in total. The minimum atomic E-state index is 0.592. The van der Waals surface area contributed by atoms with Gasteiger partial charge < -0.3 is 0 Å². The molecule has 6 heterocycles. The maximum absolute atomic E-state index is 5.46. The molecule has 0 saturated carbocycles. The highest BCUT2D eigenvalue weighted by Crippen LogP contribution is 2.42. The first-order valence-corrected chi connectivity index (χ1v) is 19.0. The summed E-state index contributed by atoms with van der Waals surface area (Å²) in [5, 5.41) is 12.6. The van der Waals surface area contributed by atoms with E-state index in [9.17, 15) is 0 Å². The topological polar surface area (TPSA) is 96.0 Å². The van der Waals surface area contributed by atoms with E-state index < -0.39 is 0 Å². The van der Waals surface area contributed by atoms with Gasteiger partial charge in [-0.2, -0.15) is 0 Å². The summed E-state index contributed by atoms with van der Waals surface area (Å²) < 4.78 is 3.94. The van der Waals surface area contributed by atoms with Crippen LogP contribution in [0.15, 0.2) is 176 Å². The van der Waals surface area contributed by atoms with Crippen molar-refractivity contribution in [3.8, 4) is 0 Å². The Morgan fingerprint density at radius 1 is 0.298 bits per heavy atom. The highest BCUT2D eigenvalue weighted by molar-refractivity contribution is 6.27. The predicted molar refractivity (Wildman–Crippen MR) is 229 cm³/mol. The van der Waals surface area contributed by atoms with Crippen molar-refractivity contribution in [3.63, 3.8) is 0 Å². The van der Waals surface area contributed by atoms with Crippen molar-refractivity contribution in [2.45, 2.75) is 0 Å². The third kappa shape index (κ3) is 3.96. The van der Waals surface area contributed by atoms with Crippen LogP contribution < -0.4 is 16.5 Å². The first-order chi connectivity index (χ1) is 28.2. The molecule has 0 unspecified atom stereocenters. The van der Waals surface area contributed by atoms with E-state index in [1.807, 2.05) is 9.35 Å². The molecule has 0 saturated heterocycles. The molecule has 4 aliphatic heterocycles. The molecule has 6 bridgehead atoms. The zero-order valence-electron chi connectivity index (χ0n) is 29.9. The summed E-state index contributed by atoms with van der Waals surface area (Å²) in [6, 6.07) is 51.2. The maximum atomic E-state index is 5.46. The fourth-order valence-electron chi connectivity index (χ4n) is 9.04.